The molecule has 0 aliphatic carbocycles. The van der Waals surface area contributed by atoms with E-state index < -0.39 is 6.10 Å². The van der Waals surface area contributed by atoms with Gasteiger partial charge in [-0.1, -0.05) is 35.9 Å². The van der Waals surface area contributed by atoms with Crippen LogP contribution in [0.5, 0.6) is 11.5 Å². The van der Waals surface area contributed by atoms with E-state index in [4.69, 9.17) is 9.47 Å². The van der Waals surface area contributed by atoms with Gasteiger partial charge in [-0.3, -0.25) is 9.80 Å². The largest absolute Gasteiger partial charge is 0.493 e. The molecule has 0 unspecified atom stereocenters. The minimum absolute atomic E-state index is 0.255. The Labute approximate surface area is 187 Å². The third-order valence-corrected chi connectivity index (χ3v) is 5.75. The summed E-state index contributed by atoms with van der Waals surface area (Å²) in [4.78, 5) is 6.88. The molecule has 1 fully saturated rings. The predicted molar refractivity (Wildman–Crippen MR) is 125 cm³/mol. The van der Waals surface area contributed by atoms with Gasteiger partial charge in [0.25, 0.3) is 0 Å². The highest BCUT2D eigenvalue weighted by molar-refractivity contribution is 5.43. The van der Waals surface area contributed by atoms with Crippen LogP contribution >= 0.6 is 0 Å². The number of hydrogen-bond acceptors (Lipinski definition) is 6. The van der Waals surface area contributed by atoms with Crippen LogP contribution in [-0.2, 0) is 13.1 Å². The maximum atomic E-state index is 10.5. The molecular weight excluding hydrogens is 390 g/mol. The van der Waals surface area contributed by atoms with Gasteiger partial charge in [0.1, 0.15) is 12.7 Å². The summed E-state index contributed by atoms with van der Waals surface area (Å²) in [5.74, 6) is 1.37. The molecule has 170 valence electrons. The summed E-state index contributed by atoms with van der Waals surface area (Å²) in [5, 5.41) is 10.5. The number of rotatable bonds is 10. The number of nitrogens with zero attached hydrogens (tertiary/aromatic N) is 3. The smallest absolute Gasteiger partial charge is 0.161 e. The molecule has 0 saturated carbocycles. The van der Waals surface area contributed by atoms with E-state index in [0.29, 0.717) is 18.0 Å². The van der Waals surface area contributed by atoms with Gasteiger partial charge in [0.05, 0.1) is 7.11 Å². The predicted octanol–water partition coefficient (Wildman–Crippen LogP) is 2.62. The number of likely N-dealkylation sites (N-methyl/N-ethyl adjacent to an activating group) is 1. The monoisotopic (exact) mass is 427 g/mol. The van der Waals surface area contributed by atoms with Gasteiger partial charge in [-0.15, -0.1) is 0 Å². The number of methoxy groups -OCH3 is 1. The fraction of sp³-hybridized carbons (Fsp3) is 0.520. The maximum absolute atomic E-state index is 10.5. The third kappa shape index (κ3) is 7.51. The van der Waals surface area contributed by atoms with Gasteiger partial charge >= 0.3 is 0 Å². The number of benzene rings is 2. The molecule has 1 heterocycles. The van der Waals surface area contributed by atoms with E-state index >= 15 is 0 Å². The first-order chi connectivity index (χ1) is 14.9. The summed E-state index contributed by atoms with van der Waals surface area (Å²) >= 11 is 0. The van der Waals surface area contributed by atoms with Crippen LogP contribution < -0.4 is 9.47 Å². The van der Waals surface area contributed by atoms with Crippen LogP contribution in [0.1, 0.15) is 16.7 Å². The molecule has 6 heteroatoms. The van der Waals surface area contributed by atoms with Crippen molar-refractivity contribution in [1.29, 1.82) is 0 Å². The van der Waals surface area contributed by atoms with Gasteiger partial charge in [0, 0.05) is 45.8 Å². The Morgan fingerprint density at radius 3 is 2.29 bits per heavy atom. The first-order valence-electron chi connectivity index (χ1n) is 11.1. The lowest BCUT2D eigenvalue weighted by Crippen LogP contribution is -2.47. The Balaban J connectivity index is 1.53. The van der Waals surface area contributed by atoms with E-state index in [1.165, 1.54) is 11.1 Å². The molecule has 0 aromatic heterocycles. The van der Waals surface area contributed by atoms with Gasteiger partial charge in [-0.2, -0.15) is 0 Å². The number of β-amino-alcohol motifs (C(OH)–C–C–N with tert-alkyl or cyclic N) is 1. The van der Waals surface area contributed by atoms with Crippen molar-refractivity contribution < 1.29 is 14.6 Å². The fourth-order valence-electron chi connectivity index (χ4n) is 3.87. The molecule has 1 aliphatic heterocycles. The van der Waals surface area contributed by atoms with Gasteiger partial charge in [0.15, 0.2) is 11.5 Å². The number of aryl methyl sites for hydroxylation is 1. The standard InChI is InChI=1S/C25H37N3O3/c1-20-5-7-21(8-6-20)16-27(3)17-22-9-10-24(30-4)25(15-22)31-19-23(29)18-28-13-11-26(2)12-14-28/h5-10,15,23,29H,11-14,16-19H2,1-4H3/t23-/m1/s1. The summed E-state index contributed by atoms with van der Waals surface area (Å²) in [6.07, 6.45) is -0.527. The Morgan fingerprint density at radius 1 is 0.968 bits per heavy atom. The topological polar surface area (TPSA) is 48.4 Å². The fourth-order valence-corrected chi connectivity index (χ4v) is 3.87. The van der Waals surface area contributed by atoms with E-state index in [2.05, 4.69) is 66.1 Å². The minimum Gasteiger partial charge on any atom is -0.493 e. The van der Waals surface area contributed by atoms with Crippen LogP contribution in [0.4, 0.5) is 0 Å². The van der Waals surface area contributed by atoms with E-state index in [9.17, 15) is 5.11 Å². The van der Waals surface area contributed by atoms with Crippen molar-refractivity contribution in [1.82, 2.24) is 14.7 Å². The summed E-state index contributed by atoms with van der Waals surface area (Å²) in [5.41, 5.74) is 3.72. The summed E-state index contributed by atoms with van der Waals surface area (Å²) in [7, 11) is 5.89. The van der Waals surface area contributed by atoms with Crippen LogP contribution in [0.25, 0.3) is 0 Å². The van der Waals surface area contributed by atoms with E-state index in [1.54, 1.807) is 7.11 Å². The molecule has 1 N–H and O–H groups in total. The molecule has 0 radical (unpaired) electrons. The molecule has 1 saturated heterocycles. The first kappa shape index (κ1) is 23.5. The molecule has 0 amide bonds. The molecule has 31 heavy (non-hydrogen) atoms. The van der Waals surface area contributed by atoms with E-state index in [0.717, 1.165) is 44.8 Å². The second kappa shape index (κ2) is 11.5. The Bertz CT molecular complexity index is 804. The molecule has 0 spiro atoms. The van der Waals surface area contributed by atoms with Crippen molar-refractivity contribution in [3.63, 3.8) is 0 Å². The molecule has 2 aromatic rings. The number of aliphatic hydroxyl groups is 1. The molecule has 0 bridgehead atoms. The summed E-state index contributed by atoms with van der Waals surface area (Å²) < 4.78 is 11.4. The van der Waals surface area contributed by atoms with Crippen LogP contribution in [0.3, 0.4) is 0 Å². The van der Waals surface area contributed by atoms with Crippen LogP contribution in [-0.4, -0.2) is 86.4 Å². The average Bonchev–Trinajstić information content (AvgIpc) is 2.75. The van der Waals surface area contributed by atoms with Crippen molar-refractivity contribution in [2.45, 2.75) is 26.1 Å². The zero-order valence-electron chi connectivity index (χ0n) is 19.4. The van der Waals surface area contributed by atoms with Crippen molar-refractivity contribution in [2.24, 2.45) is 0 Å². The highest BCUT2D eigenvalue weighted by Crippen LogP contribution is 2.29. The van der Waals surface area contributed by atoms with Crippen molar-refractivity contribution in [3.8, 4) is 11.5 Å². The Hall–Kier alpha value is -2.12. The van der Waals surface area contributed by atoms with Crippen LogP contribution in [0.15, 0.2) is 42.5 Å². The van der Waals surface area contributed by atoms with E-state index in [-0.39, 0.29) is 6.61 Å². The zero-order valence-corrected chi connectivity index (χ0v) is 19.4. The van der Waals surface area contributed by atoms with Gasteiger partial charge in [0.2, 0.25) is 0 Å². The summed E-state index contributed by atoms with van der Waals surface area (Å²) in [6, 6.07) is 14.7. The average molecular weight is 428 g/mol. The third-order valence-electron chi connectivity index (χ3n) is 5.75. The minimum atomic E-state index is -0.527. The number of ether oxygens (including phenoxy) is 2. The number of aliphatic hydroxyl groups excluding tert-OH is 1. The van der Waals surface area contributed by atoms with Gasteiger partial charge < -0.3 is 19.5 Å². The molecular formula is C25H37N3O3. The van der Waals surface area contributed by atoms with Crippen molar-refractivity contribution in [2.75, 3.05) is 60.5 Å². The van der Waals surface area contributed by atoms with Gasteiger partial charge in [-0.05, 0) is 44.3 Å². The number of hydrogen-bond donors (Lipinski definition) is 1. The normalized spacial score (nSPS) is 16.5. The van der Waals surface area contributed by atoms with Crippen LogP contribution in [0.2, 0.25) is 0 Å². The summed E-state index contributed by atoms with van der Waals surface area (Å²) in [6.45, 7) is 8.73. The SMILES string of the molecule is COc1ccc(CN(C)Cc2ccc(C)cc2)cc1OC[C@H](O)CN1CCN(C)CC1. The van der Waals surface area contributed by atoms with Crippen molar-refractivity contribution in [3.05, 3.63) is 59.2 Å². The molecule has 1 atom stereocenters. The second-order valence-electron chi connectivity index (χ2n) is 8.71. The second-order valence-corrected chi connectivity index (χ2v) is 8.71. The van der Waals surface area contributed by atoms with E-state index in [1.807, 2.05) is 12.1 Å². The van der Waals surface area contributed by atoms with Crippen LogP contribution in [0, 0.1) is 6.92 Å². The maximum Gasteiger partial charge on any atom is 0.161 e. The van der Waals surface area contributed by atoms with Gasteiger partial charge in [-0.25, -0.2) is 0 Å². The molecule has 2 aromatic carbocycles. The molecule has 3 rings (SSSR count). The molecule has 6 nitrogen and oxygen atoms in total. The first-order valence-corrected chi connectivity index (χ1v) is 11.1. The quantitative estimate of drug-likeness (QED) is 0.629. The Morgan fingerprint density at radius 2 is 1.61 bits per heavy atom. The zero-order chi connectivity index (χ0) is 22.2. The highest BCUT2D eigenvalue weighted by atomic mass is 16.5. The lowest BCUT2D eigenvalue weighted by molar-refractivity contribution is 0.0497. The Kier molecular flexibility index (Phi) is 8.72. The van der Waals surface area contributed by atoms with Crippen molar-refractivity contribution >= 4 is 0 Å². The highest BCUT2D eigenvalue weighted by Gasteiger charge is 2.18. The lowest BCUT2D eigenvalue weighted by atomic mass is 10.1. The lowest BCUT2D eigenvalue weighted by Gasteiger charge is -2.33. The number of piperazine rings is 1. The molecule has 1 aliphatic rings.